The summed E-state index contributed by atoms with van der Waals surface area (Å²) in [5, 5.41) is 4.92. The Bertz CT molecular complexity index is 270. The Morgan fingerprint density at radius 1 is 0.652 bits per heavy atom. The number of amides is 2. The van der Waals surface area contributed by atoms with Gasteiger partial charge < -0.3 is 20.1 Å². The summed E-state index contributed by atoms with van der Waals surface area (Å²) in [7, 11) is 0. The summed E-state index contributed by atoms with van der Waals surface area (Å²) in [5.41, 5.74) is 0. The maximum atomic E-state index is 11.3. The summed E-state index contributed by atoms with van der Waals surface area (Å²) in [5.74, 6) is 0. The molecule has 0 bridgehead atoms. The Morgan fingerprint density at radius 3 is 1.43 bits per heavy atom. The Morgan fingerprint density at radius 2 is 1.04 bits per heavy atom. The highest BCUT2D eigenvalue weighted by atomic mass is 16.6. The van der Waals surface area contributed by atoms with Crippen LogP contribution in [0.2, 0.25) is 0 Å². The number of carbonyl (C=O) groups is 2. The molecule has 0 atom stereocenters. The highest BCUT2D eigenvalue weighted by Crippen LogP contribution is 2.03. The minimum Gasteiger partial charge on any atom is -0.450 e. The molecule has 0 aromatic carbocycles. The number of nitrogens with one attached hydrogen (secondary N) is 2. The van der Waals surface area contributed by atoms with Crippen LogP contribution in [0, 0.1) is 0 Å². The van der Waals surface area contributed by atoms with Gasteiger partial charge in [0.25, 0.3) is 0 Å². The first-order valence-electron chi connectivity index (χ1n) is 9.02. The van der Waals surface area contributed by atoms with Crippen LogP contribution < -0.4 is 10.6 Å². The largest absolute Gasteiger partial charge is 0.450 e. The lowest BCUT2D eigenvalue weighted by atomic mass is 10.2. The highest BCUT2D eigenvalue weighted by molar-refractivity contribution is 5.69. The van der Waals surface area contributed by atoms with Gasteiger partial charge in [-0.1, -0.05) is 65.2 Å². The van der Waals surface area contributed by atoms with Crippen LogP contribution in [0.25, 0.3) is 0 Å². The molecule has 0 saturated carbocycles. The zero-order valence-corrected chi connectivity index (χ0v) is 14.8. The number of hydrogen-bond donors (Lipinski definition) is 2. The zero-order chi connectivity index (χ0) is 17.2. The second-order valence-electron chi connectivity index (χ2n) is 5.63. The summed E-state index contributed by atoms with van der Waals surface area (Å²) in [6, 6.07) is 0. The van der Waals surface area contributed by atoms with Crippen molar-refractivity contribution >= 4 is 12.2 Å². The first-order valence-corrected chi connectivity index (χ1v) is 9.02. The van der Waals surface area contributed by atoms with E-state index in [9.17, 15) is 9.59 Å². The van der Waals surface area contributed by atoms with Gasteiger partial charge in [-0.05, 0) is 12.8 Å². The molecule has 0 rings (SSSR count). The van der Waals surface area contributed by atoms with E-state index in [0.29, 0.717) is 13.2 Å². The van der Waals surface area contributed by atoms with Crippen LogP contribution in [0.15, 0.2) is 0 Å². The Kier molecular flexibility index (Phi) is 15.8. The number of alkyl carbamates (subject to hydrolysis) is 2. The molecule has 0 aliphatic heterocycles. The van der Waals surface area contributed by atoms with Gasteiger partial charge in [-0.15, -0.1) is 0 Å². The maximum Gasteiger partial charge on any atom is 0.408 e. The topological polar surface area (TPSA) is 76.7 Å². The summed E-state index contributed by atoms with van der Waals surface area (Å²) < 4.78 is 10.00. The van der Waals surface area contributed by atoms with Crippen molar-refractivity contribution in [3.63, 3.8) is 0 Å². The van der Waals surface area contributed by atoms with Crippen LogP contribution in [0.5, 0.6) is 0 Å². The highest BCUT2D eigenvalue weighted by Gasteiger charge is 2.04. The van der Waals surface area contributed by atoms with Crippen molar-refractivity contribution in [3.8, 4) is 0 Å². The first kappa shape index (κ1) is 21.5. The normalized spacial score (nSPS) is 10.2. The summed E-state index contributed by atoms with van der Waals surface area (Å²) in [4.78, 5) is 22.7. The van der Waals surface area contributed by atoms with E-state index in [0.717, 1.165) is 25.7 Å². The first-order chi connectivity index (χ1) is 11.2. The van der Waals surface area contributed by atoms with E-state index in [4.69, 9.17) is 9.47 Å². The van der Waals surface area contributed by atoms with Gasteiger partial charge in [-0.25, -0.2) is 9.59 Å². The Balaban J connectivity index is 3.33. The number of unbranched alkanes of at least 4 members (excludes halogenated alkanes) is 8. The minimum atomic E-state index is -0.514. The number of rotatable bonds is 14. The van der Waals surface area contributed by atoms with E-state index in [1.165, 1.54) is 38.5 Å². The van der Waals surface area contributed by atoms with Crippen LogP contribution in [0.3, 0.4) is 0 Å². The average molecular weight is 330 g/mol. The van der Waals surface area contributed by atoms with Gasteiger partial charge in [0.05, 0.1) is 19.9 Å². The molecule has 0 fully saturated rings. The van der Waals surface area contributed by atoms with Crippen molar-refractivity contribution in [1.82, 2.24) is 10.6 Å². The quantitative estimate of drug-likeness (QED) is 0.367. The van der Waals surface area contributed by atoms with Gasteiger partial charge in [0, 0.05) is 0 Å². The molecular formula is C17H34N2O4. The van der Waals surface area contributed by atoms with E-state index < -0.39 is 12.2 Å². The number of carbonyl (C=O) groups excluding carboxylic acids is 2. The second kappa shape index (κ2) is 16.9. The fraction of sp³-hybridized carbons (Fsp3) is 0.882. The van der Waals surface area contributed by atoms with Crippen molar-refractivity contribution in [1.29, 1.82) is 0 Å². The van der Waals surface area contributed by atoms with E-state index in [1.54, 1.807) is 0 Å². The molecule has 2 N–H and O–H groups in total. The molecule has 6 heteroatoms. The smallest absolute Gasteiger partial charge is 0.408 e. The number of hydrogen-bond acceptors (Lipinski definition) is 4. The maximum absolute atomic E-state index is 11.3. The number of ether oxygens (including phenoxy) is 2. The van der Waals surface area contributed by atoms with Gasteiger partial charge in [0.15, 0.2) is 0 Å². The second-order valence-corrected chi connectivity index (χ2v) is 5.63. The molecule has 0 unspecified atom stereocenters. The lowest BCUT2D eigenvalue weighted by Crippen LogP contribution is -2.38. The van der Waals surface area contributed by atoms with Crippen LogP contribution >= 0.6 is 0 Å². The van der Waals surface area contributed by atoms with E-state index in [2.05, 4.69) is 24.5 Å². The summed E-state index contributed by atoms with van der Waals surface area (Å²) in [6.07, 6.45) is 10.1. The van der Waals surface area contributed by atoms with Crippen LogP contribution in [0.4, 0.5) is 9.59 Å². The van der Waals surface area contributed by atoms with E-state index in [1.807, 2.05) is 0 Å². The molecule has 2 amide bonds. The van der Waals surface area contributed by atoms with Gasteiger partial charge in [0.2, 0.25) is 0 Å². The average Bonchev–Trinajstić information content (AvgIpc) is 2.54. The van der Waals surface area contributed by atoms with Gasteiger partial charge >= 0.3 is 12.2 Å². The standard InChI is InChI=1S/C17H34N2O4/c1-3-5-7-9-11-13-22-16(20)18-15-19-17(21)23-14-12-10-8-6-4-2/h3-15H2,1-2H3,(H,18,20)(H,19,21). The third-order valence-corrected chi connectivity index (χ3v) is 3.43. The molecule has 23 heavy (non-hydrogen) atoms. The third kappa shape index (κ3) is 16.7. The van der Waals surface area contributed by atoms with Crippen molar-refractivity contribution in [2.45, 2.75) is 78.1 Å². The molecule has 0 aliphatic carbocycles. The molecular weight excluding hydrogens is 296 g/mol. The Labute approximate surface area is 140 Å². The lowest BCUT2D eigenvalue weighted by Gasteiger charge is -2.09. The third-order valence-electron chi connectivity index (χ3n) is 3.43. The minimum absolute atomic E-state index is 0.0172. The predicted molar refractivity (Wildman–Crippen MR) is 91.4 cm³/mol. The fourth-order valence-electron chi connectivity index (χ4n) is 2.03. The van der Waals surface area contributed by atoms with Crippen molar-refractivity contribution in [2.75, 3.05) is 19.9 Å². The predicted octanol–water partition coefficient (Wildman–Crippen LogP) is 4.34. The fourth-order valence-corrected chi connectivity index (χ4v) is 2.03. The van der Waals surface area contributed by atoms with E-state index in [-0.39, 0.29) is 6.67 Å². The molecule has 0 aliphatic rings. The molecule has 6 nitrogen and oxygen atoms in total. The van der Waals surface area contributed by atoms with Crippen LogP contribution in [-0.4, -0.2) is 32.1 Å². The molecule has 0 heterocycles. The van der Waals surface area contributed by atoms with Crippen LogP contribution in [-0.2, 0) is 9.47 Å². The van der Waals surface area contributed by atoms with E-state index >= 15 is 0 Å². The lowest BCUT2D eigenvalue weighted by molar-refractivity contribution is 0.135. The van der Waals surface area contributed by atoms with Gasteiger partial charge in [-0.3, -0.25) is 0 Å². The summed E-state index contributed by atoms with van der Waals surface area (Å²) in [6.45, 7) is 5.17. The summed E-state index contributed by atoms with van der Waals surface area (Å²) >= 11 is 0. The van der Waals surface area contributed by atoms with Crippen molar-refractivity contribution in [2.24, 2.45) is 0 Å². The molecule has 0 aromatic rings. The molecule has 0 spiro atoms. The van der Waals surface area contributed by atoms with Crippen molar-refractivity contribution in [3.05, 3.63) is 0 Å². The monoisotopic (exact) mass is 330 g/mol. The van der Waals surface area contributed by atoms with Gasteiger partial charge in [0.1, 0.15) is 0 Å². The molecule has 136 valence electrons. The molecule has 0 radical (unpaired) electrons. The molecule has 0 saturated heterocycles. The SMILES string of the molecule is CCCCCCCOC(=O)NCNC(=O)OCCCCCCC. The molecule has 0 aromatic heterocycles. The zero-order valence-electron chi connectivity index (χ0n) is 14.8. The van der Waals surface area contributed by atoms with Crippen LogP contribution in [0.1, 0.15) is 78.1 Å². The Hall–Kier alpha value is -1.46. The van der Waals surface area contributed by atoms with Crippen molar-refractivity contribution < 1.29 is 19.1 Å². The van der Waals surface area contributed by atoms with Gasteiger partial charge in [-0.2, -0.15) is 0 Å².